The van der Waals surface area contributed by atoms with E-state index in [1.165, 1.54) is 49.1 Å². The molecule has 1 saturated heterocycles. The molecule has 0 amide bonds. The van der Waals surface area contributed by atoms with Crippen molar-refractivity contribution >= 4 is 23.0 Å². The molecule has 0 unspecified atom stereocenters. The van der Waals surface area contributed by atoms with Gasteiger partial charge in [-0.15, -0.1) is 0 Å². The second kappa shape index (κ2) is 10.9. The van der Waals surface area contributed by atoms with Crippen LogP contribution in [-0.4, -0.2) is 14.7 Å². The molecule has 1 aliphatic carbocycles. The SMILES string of the molecule is Cc1ccccc1Oc1ccc(N2C(=S)N[C@H](c3ccccn3)[C@H]2c2cc(C)n(C3CCCCC3)c2C)cc1. The number of nitrogens with zero attached hydrogens (tertiary/aromatic N) is 3. The zero-order valence-electron chi connectivity index (χ0n) is 22.9. The Morgan fingerprint density at radius 2 is 1.64 bits per heavy atom. The highest BCUT2D eigenvalue weighted by Crippen LogP contribution is 2.45. The smallest absolute Gasteiger partial charge is 0.174 e. The minimum Gasteiger partial charge on any atom is -0.457 e. The highest BCUT2D eigenvalue weighted by atomic mass is 32.1. The molecule has 200 valence electrons. The predicted molar refractivity (Wildman–Crippen MR) is 162 cm³/mol. The van der Waals surface area contributed by atoms with Crippen LogP contribution >= 0.6 is 12.2 Å². The number of thiocarbonyl (C=S) groups is 1. The van der Waals surface area contributed by atoms with Gasteiger partial charge < -0.3 is 19.5 Å². The number of pyridine rings is 1. The average Bonchev–Trinajstić information content (AvgIpc) is 3.46. The van der Waals surface area contributed by atoms with E-state index in [1.54, 1.807) is 0 Å². The van der Waals surface area contributed by atoms with Crippen LogP contribution < -0.4 is 15.0 Å². The summed E-state index contributed by atoms with van der Waals surface area (Å²) < 4.78 is 8.77. The van der Waals surface area contributed by atoms with Crippen molar-refractivity contribution in [2.75, 3.05) is 4.90 Å². The van der Waals surface area contributed by atoms with Crippen LogP contribution in [0.4, 0.5) is 5.69 Å². The van der Waals surface area contributed by atoms with Crippen molar-refractivity contribution in [1.82, 2.24) is 14.9 Å². The summed E-state index contributed by atoms with van der Waals surface area (Å²) in [6.07, 6.45) is 8.35. The molecule has 5 nitrogen and oxygen atoms in total. The standard InChI is InChI=1S/C33H36N4OS/c1-22-11-7-8-15-30(22)38-27-18-16-26(17-19-27)37-32(31(35-33(37)39)29-14-9-10-20-34-29)28-21-23(2)36(24(28)3)25-12-5-4-6-13-25/h7-11,14-21,25,31-32H,4-6,12-13H2,1-3H3,(H,35,39)/t31-,32-/m1/s1. The second-order valence-corrected chi connectivity index (χ2v) is 11.2. The van der Waals surface area contributed by atoms with E-state index in [0.29, 0.717) is 11.2 Å². The third-order valence-corrected chi connectivity index (χ3v) is 8.63. The predicted octanol–water partition coefficient (Wildman–Crippen LogP) is 8.28. The molecule has 6 heteroatoms. The van der Waals surface area contributed by atoms with Gasteiger partial charge in [0.05, 0.1) is 17.8 Å². The van der Waals surface area contributed by atoms with Gasteiger partial charge >= 0.3 is 0 Å². The molecular weight excluding hydrogens is 500 g/mol. The maximum absolute atomic E-state index is 6.18. The maximum atomic E-state index is 6.18. The minimum absolute atomic E-state index is 0.0147. The maximum Gasteiger partial charge on any atom is 0.174 e. The number of nitrogens with one attached hydrogen (secondary N) is 1. The largest absolute Gasteiger partial charge is 0.457 e. The van der Waals surface area contributed by atoms with Crippen LogP contribution in [0.25, 0.3) is 0 Å². The number of aryl methyl sites for hydroxylation is 2. The first-order chi connectivity index (χ1) is 19.0. The number of benzene rings is 2. The highest BCUT2D eigenvalue weighted by Gasteiger charge is 2.42. The summed E-state index contributed by atoms with van der Waals surface area (Å²) in [6, 6.07) is 25.3. The Labute approximate surface area is 236 Å². The molecule has 2 atom stereocenters. The van der Waals surface area contributed by atoms with Gasteiger partial charge in [0.15, 0.2) is 5.11 Å². The van der Waals surface area contributed by atoms with Gasteiger partial charge in [-0.25, -0.2) is 0 Å². The van der Waals surface area contributed by atoms with E-state index in [2.05, 4.69) is 72.0 Å². The molecule has 1 aliphatic heterocycles. The summed E-state index contributed by atoms with van der Waals surface area (Å²) in [4.78, 5) is 7.00. The molecule has 1 N–H and O–H groups in total. The van der Waals surface area contributed by atoms with Crippen molar-refractivity contribution in [3.8, 4) is 11.5 Å². The lowest BCUT2D eigenvalue weighted by molar-refractivity contribution is 0.345. The number of anilines is 1. The Balaban J connectivity index is 1.38. The Morgan fingerprint density at radius 1 is 0.897 bits per heavy atom. The molecule has 0 radical (unpaired) electrons. The van der Waals surface area contributed by atoms with Crippen LogP contribution in [0.5, 0.6) is 11.5 Å². The number of hydrogen-bond donors (Lipinski definition) is 1. The van der Waals surface area contributed by atoms with Gasteiger partial charge in [0.2, 0.25) is 0 Å². The minimum atomic E-state index is -0.0538. The quantitative estimate of drug-likeness (QED) is 0.251. The lowest BCUT2D eigenvalue weighted by Crippen LogP contribution is -2.29. The first kappa shape index (κ1) is 25.6. The van der Waals surface area contributed by atoms with Crippen LogP contribution in [0.15, 0.2) is 79.0 Å². The highest BCUT2D eigenvalue weighted by molar-refractivity contribution is 7.80. The molecular formula is C33H36N4OS. The van der Waals surface area contributed by atoms with Crippen molar-refractivity contribution in [1.29, 1.82) is 0 Å². The molecule has 2 fully saturated rings. The van der Waals surface area contributed by atoms with Crippen LogP contribution in [0.2, 0.25) is 0 Å². The first-order valence-electron chi connectivity index (χ1n) is 14.0. The number of ether oxygens (including phenoxy) is 1. The van der Waals surface area contributed by atoms with Crippen molar-refractivity contribution in [3.63, 3.8) is 0 Å². The van der Waals surface area contributed by atoms with Crippen molar-refractivity contribution in [3.05, 3.63) is 107 Å². The van der Waals surface area contributed by atoms with E-state index in [4.69, 9.17) is 21.9 Å². The Hall–Kier alpha value is -3.64. The van der Waals surface area contributed by atoms with Crippen LogP contribution in [0.1, 0.15) is 78.4 Å². The summed E-state index contributed by atoms with van der Waals surface area (Å²) >= 11 is 5.99. The Bertz CT molecular complexity index is 1460. The molecule has 2 aromatic heterocycles. The normalized spacial score (nSPS) is 19.8. The lowest BCUT2D eigenvalue weighted by atomic mass is 9.94. The van der Waals surface area contributed by atoms with Crippen LogP contribution in [0, 0.1) is 20.8 Å². The van der Waals surface area contributed by atoms with Gasteiger partial charge in [0.25, 0.3) is 0 Å². The molecule has 3 heterocycles. The fourth-order valence-electron chi connectivity index (χ4n) is 6.42. The zero-order chi connectivity index (χ0) is 26.9. The van der Waals surface area contributed by atoms with Crippen molar-refractivity contribution in [2.24, 2.45) is 0 Å². The third kappa shape index (κ3) is 4.94. The van der Waals surface area contributed by atoms with Crippen LogP contribution in [0.3, 0.4) is 0 Å². The molecule has 1 saturated carbocycles. The number of para-hydroxylation sites is 1. The van der Waals surface area contributed by atoms with Gasteiger partial charge in [-0.2, -0.15) is 0 Å². The molecule has 6 rings (SSSR count). The van der Waals surface area contributed by atoms with E-state index in [1.807, 2.05) is 42.6 Å². The van der Waals surface area contributed by atoms with E-state index in [9.17, 15) is 0 Å². The third-order valence-electron chi connectivity index (χ3n) is 8.32. The van der Waals surface area contributed by atoms with Gasteiger partial charge in [0, 0.05) is 29.3 Å². The van der Waals surface area contributed by atoms with Gasteiger partial charge in [0.1, 0.15) is 11.5 Å². The summed E-state index contributed by atoms with van der Waals surface area (Å²) in [7, 11) is 0. The molecule has 2 aromatic carbocycles. The second-order valence-electron chi connectivity index (χ2n) is 10.8. The van der Waals surface area contributed by atoms with Crippen molar-refractivity contribution < 1.29 is 4.74 Å². The topological polar surface area (TPSA) is 42.3 Å². The van der Waals surface area contributed by atoms with Gasteiger partial charge in [-0.05, 0) is 105 Å². The molecule has 4 aromatic rings. The van der Waals surface area contributed by atoms with E-state index in [-0.39, 0.29) is 12.1 Å². The fraction of sp³-hybridized carbons (Fsp3) is 0.333. The summed E-state index contributed by atoms with van der Waals surface area (Å²) in [5.74, 6) is 1.67. The summed E-state index contributed by atoms with van der Waals surface area (Å²) in [5, 5.41) is 4.33. The Morgan fingerprint density at radius 3 is 2.36 bits per heavy atom. The van der Waals surface area contributed by atoms with Gasteiger partial charge in [-0.1, -0.05) is 43.5 Å². The van der Waals surface area contributed by atoms with Crippen molar-refractivity contribution in [2.45, 2.75) is 71.0 Å². The Kier molecular flexibility index (Phi) is 7.13. The first-order valence-corrected chi connectivity index (χ1v) is 14.4. The van der Waals surface area contributed by atoms with Gasteiger partial charge in [-0.3, -0.25) is 4.98 Å². The average molecular weight is 537 g/mol. The monoisotopic (exact) mass is 536 g/mol. The summed E-state index contributed by atoms with van der Waals surface area (Å²) in [6.45, 7) is 6.60. The fourth-order valence-corrected chi connectivity index (χ4v) is 6.77. The molecule has 0 bridgehead atoms. The number of aromatic nitrogens is 2. The number of hydrogen-bond acceptors (Lipinski definition) is 3. The lowest BCUT2D eigenvalue weighted by Gasteiger charge is -2.30. The molecule has 0 spiro atoms. The molecule has 2 aliphatic rings. The zero-order valence-corrected chi connectivity index (χ0v) is 23.7. The number of rotatable bonds is 6. The van der Waals surface area contributed by atoms with E-state index >= 15 is 0 Å². The van der Waals surface area contributed by atoms with E-state index < -0.39 is 0 Å². The molecule has 39 heavy (non-hydrogen) atoms. The van der Waals surface area contributed by atoms with E-state index in [0.717, 1.165) is 28.4 Å². The van der Waals surface area contributed by atoms with Crippen LogP contribution in [-0.2, 0) is 0 Å². The summed E-state index contributed by atoms with van der Waals surface area (Å²) in [5.41, 5.74) is 7.11.